The van der Waals surface area contributed by atoms with Crippen molar-refractivity contribution >= 4 is 5.78 Å². The second-order valence-corrected chi connectivity index (χ2v) is 3.61. The highest BCUT2D eigenvalue weighted by Gasteiger charge is 2.39. The van der Waals surface area contributed by atoms with E-state index in [1.807, 2.05) is 0 Å². The third-order valence-corrected chi connectivity index (χ3v) is 2.84. The summed E-state index contributed by atoms with van der Waals surface area (Å²) in [6.45, 7) is 0. The number of hydrogen-bond donors (Lipinski definition) is 1. The molecule has 10 heavy (non-hydrogen) atoms. The Bertz CT molecular complexity index is 151. The van der Waals surface area contributed by atoms with Crippen molar-refractivity contribution in [3.05, 3.63) is 0 Å². The van der Waals surface area contributed by atoms with E-state index in [0.717, 1.165) is 25.7 Å². The van der Waals surface area contributed by atoms with Gasteiger partial charge in [0.05, 0.1) is 0 Å². The van der Waals surface area contributed by atoms with Crippen molar-refractivity contribution in [2.75, 3.05) is 0 Å². The van der Waals surface area contributed by atoms with Crippen molar-refractivity contribution in [1.29, 1.82) is 0 Å². The SMILES string of the molecule is NC1C[C@H]2CC[C@@H](C1)C2=O. The van der Waals surface area contributed by atoms with Gasteiger partial charge in [-0.3, -0.25) is 4.79 Å². The molecule has 0 amide bonds. The van der Waals surface area contributed by atoms with Crippen molar-refractivity contribution in [2.45, 2.75) is 31.7 Å². The van der Waals surface area contributed by atoms with Crippen LogP contribution in [-0.4, -0.2) is 11.8 Å². The van der Waals surface area contributed by atoms with Crippen LogP contribution < -0.4 is 5.73 Å². The molecule has 0 aliphatic heterocycles. The van der Waals surface area contributed by atoms with E-state index in [0.29, 0.717) is 23.7 Å². The lowest BCUT2D eigenvalue weighted by molar-refractivity contribution is -0.126. The largest absolute Gasteiger partial charge is 0.328 e. The van der Waals surface area contributed by atoms with Gasteiger partial charge in [0, 0.05) is 17.9 Å². The van der Waals surface area contributed by atoms with E-state index in [1.165, 1.54) is 0 Å². The molecule has 2 heteroatoms. The molecule has 0 heterocycles. The zero-order chi connectivity index (χ0) is 7.14. The summed E-state index contributed by atoms with van der Waals surface area (Å²) in [4.78, 5) is 11.3. The van der Waals surface area contributed by atoms with Crippen LogP contribution in [0.1, 0.15) is 25.7 Å². The van der Waals surface area contributed by atoms with Crippen LogP contribution >= 0.6 is 0 Å². The van der Waals surface area contributed by atoms with Crippen LogP contribution in [0.4, 0.5) is 0 Å². The fourth-order valence-corrected chi connectivity index (χ4v) is 2.32. The van der Waals surface area contributed by atoms with Gasteiger partial charge in [-0.25, -0.2) is 0 Å². The van der Waals surface area contributed by atoms with Gasteiger partial charge < -0.3 is 5.73 Å². The van der Waals surface area contributed by atoms with E-state index in [4.69, 9.17) is 5.73 Å². The molecule has 2 fully saturated rings. The molecule has 0 spiro atoms. The molecule has 2 aliphatic carbocycles. The Hall–Kier alpha value is -0.370. The minimum Gasteiger partial charge on any atom is -0.328 e. The quantitative estimate of drug-likeness (QED) is 0.537. The topological polar surface area (TPSA) is 43.1 Å². The molecule has 2 rings (SSSR count). The summed E-state index contributed by atoms with van der Waals surface area (Å²) in [6, 6.07) is 0.315. The monoisotopic (exact) mass is 139 g/mol. The van der Waals surface area contributed by atoms with Crippen LogP contribution in [0, 0.1) is 11.8 Å². The van der Waals surface area contributed by atoms with E-state index >= 15 is 0 Å². The van der Waals surface area contributed by atoms with Crippen molar-refractivity contribution in [1.82, 2.24) is 0 Å². The second kappa shape index (κ2) is 2.06. The Kier molecular flexibility index (Phi) is 1.31. The van der Waals surface area contributed by atoms with Crippen LogP contribution in [0.25, 0.3) is 0 Å². The molecular weight excluding hydrogens is 126 g/mol. The minimum absolute atomic E-state index is 0.315. The van der Waals surface area contributed by atoms with E-state index < -0.39 is 0 Å². The van der Waals surface area contributed by atoms with Crippen LogP contribution in [-0.2, 0) is 4.79 Å². The highest BCUT2D eigenvalue weighted by atomic mass is 16.1. The number of fused-ring (bicyclic) bond motifs is 2. The molecule has 2 nitrogen and oxygen atoms in total. The van der Waals surface area contributed by atoms with Crippen molar-refractivity contribution in [3.63, 3.8) is 0 Å². The normalized spacial score (nSPS) is 46.1. The highest BCUT2D eigenvalue weighted by Crippen LogP contribution is 2.38. The summed E-state index contributed by atoms with van der Waals surface area (Å²) in [7, 11) is 0. The van der Waals surface area contributed by atoms with Gasteiger partial charge in [-0.15, -0.1) is 0 Å². The molecule has 2 N–H and O–H groups in total. The fourth-order valence-electron chi connectivity index (χ4n) is 2.32. The van der Waals surface area contributed by atoms with Crippen LogP contribution in [0.15, 0.2) is 0 Å². The Morgan fingerprint density at radius 1 is 1.20 bits per heavy atom. The maximum Gasteiger partial charge on any atom is 0.139 e. The molecule has 56 valence electrons. The molecule has 0 radical (unpaired) electrons. The predicted octanol–water partition coefficient (Wildman–Crippen LogP) is 0.703. The average molecular weight is 139 g/mol. The van der Waals surface area contributed by atoms with E-state index in [9.17, 15) is 4.79 Å². The zero-order valence-corrected chi connectivity index (χ0v) is 6.05. The average Bonchev–Trinajstić information content (AvgIpc) is 2.20. The van der Waals surface area contributed by atoms with Crippen molar-refractivity contribution in [2.24, 2.45) is 17.6 Å². The second-order valence-electron chi connectivity index (χ2n) is 3.61. The van der Waals surface area contributed by atoms with E-state index in [2.05, 4.69) is 0 Å². The fraction of sp³-hybridized carbons (Fsp3) is 0.875. The maximum absolute atomic E-state index is 11.3. The highest BCUT2D eigenvalue weighted by molar-refractivity contribution is 5.86. The summed E-state index contributed by atoms with van der Waals surface area (Å²) in [5, 5.41) is 0. The Morgan fingerprint density at radius 2 is 1.70 bits per heavy atom. The molecule has 2 aliphatic rings. The molecule has 0 aromatic carbocycles. The van der Waals surface area contributed by atoms with Gasteiger partial charge in [-0.2, -0.15) is 0 Å². The first-order valence-electron chi connectivity index (χ1n) is 4.06. The summed E-state index contributed by atoms with van der Waals surface area (Å²) in [5.74, 6) is 1.18. The third kappa shape index (κ3) is 0.788. The number of rotatable bonds is 0. The lowest BCUT2D eigenvalue weighted by Gasteiger charge is -2.22. The first-order chi connectivity index (χ1) is 4.77. The first kappa shape index (κ1) is 6.35. The molecule has 0 aromatic rings. The third-order valence-electron chi connectivity index (χ3n) is 2.84. The minimum atomic E-state index is 0.315. The van der Waals surface area contributed by atoms with Gasteiger partial charge in [-0.05, 0) is 25.7 Å². The van der Waals surface area contributed by atoms with Gasteiger partial charge >= 0.3 is 0 Å². The van der Waals surface area contributed by atoms with Crippen LogP contribution in [0.2, 0.25) is 0 Å². The van der Waals surface area contributed by atoms with Crippen molar-refractivity contribution in [3.8, 4) is 0 Å². The number of hydrogen-bond acceptors (Lipinski definition) is 2. The first-order valence-corrected chi connectivity index (χ1v) is 4.06. The number of carbonyl (C=O) groups is 1. The van der Waals surface area contributed by atoms with E-state index in [1.54, 1.807) is 0 Å². The standard InChI is InChI=1S/C8H13NO/c9-7-3-5-1-2-6(4-7)8(5)10/h5-7H,1-4,9H2/t5-,6+,7?. The summed E-state index contributed by atoms with van der Waals surface area (Å²) in [6.07, 6.45) is 4.12. The smallest absolute Gasteiger partial charge is 0.139 e. The zero-order valence-electron chi connectivity index (χ0n) is 6.05. The lowest BCUT2D eigenvalue weighted by Crippen LogP contribution is -2.34. The van der Waals surface area contributed by atoms with Gasteiger partial charge in [-0.1, -0.05) is 0 Å². The lowest BCUT2D eigenvalue weighted by atomic mass is 9.85. The molecule has 1 unspecified atom stereocenters. The van der Waals surface area contributed by atoms with Crippen LogP contribution in [0.3, 0.4) is 0 Å². The molecule has 3 atom stereocenters. The predicted molar refractivity (Wildman–Crippen MR) is 38.4 cm³/mol. The number of carbonyl (C=O) groups excluding carboxylic acids is 1. The van der Waals surface area contributed by atoms with Gasteiger partial charge in [0.15, 0.2) is 0 Å². The molecule has 0 aromatic heterocycles. The molecule has 2 bridgehead atoms. The summed E-state index contributed by atoms with van der Waals surface area (Å²) in [5.41, 5.74) is 5.77. The Labute approximate surface area is 60.8 Å². The summed E-state index contributed by atoms with van der Waals surface area (Å²) < 4.78 is 0. The molecule has 2 saturated carbocycles. The van der Waals surface area contributed by atoms with Crippen LogP contribution in [0.5, 0.6) is 0 Å². The number of Topliss-reactive ketones (excluding diaryl/α,β-unsaturated/α-hetero) is 1. The van der Waals surface area contributed by atoms with Gasteiger partial charge in [0.25, 0.3) is 0 Å². The molecular formula is C8H13NO. The number of nitrogens with two attached hydrogens (primary N) is 1. The van der Waals surface area contributed by atoms with Gasteiger partial charge in [0.1, 0.15) is 5.78 Å². The van der Waals surface area contributed by atoms with Gasteiger partial charge in [0.2, 0.25) is 0 Å². The van der Waals surface area contributed by atoms with Crippen molar-refractivity contribution < 1.29 is 4.79 Å². The Balaban J connectivity index is 2.16. The van der Waals surface area contributed by atoms with E-state index in [-0.39, 0.29) is 0 Å². The summed E-state index contributed by atoms with van der Waals surface area (Å²) >= 11 is 0. The maximum atomic E-state index is 11.3. The number of ketones is 1. The Morgan fingerprint density at radius 3 is 2.20 bits per heavy atom. The molecule has 0 saturated heterocycles.